The summed E-state index contributed by atoms with van der Waals surface area (Å²) >= 11 is 0. The van der Waals surface area contributed by atoms with Gasteiger partial charge in [-0.05, 0) is 31.2 Å². The van der Waals surface area contributed by atoms with Crippen molar-refractivity contribution < 1.29 is 9.47 Å². The van der Waals surface area contributed by atoms with Gasteiger partial charge in [0.25, 0.3) is 0 Å². The Morgan fingerprint density at radius 3 is 2.56 bits per heavy atom. The van der Waals surface area contributed by atoms with Crippen LogP contribution in [0.3, 0.4) is 0 Å². The Bertz CT molecular complexity index is 290. The lowest BCUT2D eigenvalue weighted by Gasteiger charge is -2.11. The summed E-state index contributed by atoms with van der Waals surface area (Å²) in [6.07, 6.45) is 4.24. The summed E-state index contributed by atoms with van der Waals surface area (Å²) in [6, 6.07) is 10.8. The lowest BCUT2D eigenvalue weighted by Crippen LogP contribution is -2.22. The molecule has 18 heavy (non-hydrogen) atoms. The summed E-state index contributed by atoms with van der Waals surface area (Å²) < 4.78 is 10.3. The highest BCUT2D eigenvalue weighted by Gasteiger charge is 2.02. The van der Waals surface area contributed by atoms with E-state index in [2.05, 4.69) is 24.3 Å². The number of hydrogen-bond donors (Lipinski definition) is 1. The van der Waals surface area contributed by atoms with E-state index in [9.17, 15) is 0 Å². The maximum atomic E-state index is 6.04. The smallest absolute Gasteiger partial charge is 0.0700 e. The average Bonchev–Trinajstić information content (AvgIpc) is 2.40. The minimum absolute atomic E-state index is 0.247. The number of rotatable bonds is 10. The molecule has 0 fully saturated rings. The molecule has 0 aromatic heterocycles. The highest BCUT2D eigenvalue weighted by molar-refractivity contribution is 5.14. The summed E-state index contributed by atoms with van der Waals surface area (Å²) in [4.78, 5) is 0. The summed E-state index contributed by atoms with van der Waals surface area (Å²) in [5.41, 5.74) is 7.43. The van der Waals surface area contributed by atoms with E-state index in [1.165, 1.54) is 5.56 Å². The van der Waals surface area contributed by atoms with Gasteiger partial charge in [0.05, 0.1) is 13.2 Å². The zero-order valence-corrected chi connectivity index (χ0v) is 11.3. The first-order valence-corrected chi connectivity index (χ1v) is 6.69. The van der Waals surface area contributed by atoms with E-state index in [4.69, 9.17) is 15.2 Å². The predicted octanol–water partition coefficient (Wildman–Crippen LogP) is 2.39. The van der Waals surface area contributed by atoms with E-state index in [1.807, 2.05) is 6.07 Å². The fourth-order valence-corrected chi connectivity index (χ4v) is 1.84. The molecule has 2 N–H and O–H groups in total. The Balaban J connectivity index is 1.98. The fraction of sp³-hybridized carbons (Fsp3) is 0.600. The van der Waals surface area contributed by atoms with Crippen LogP contribution in [0.4, 0.5) is 0 Å². The van der Waals surface area contributed by atoms with Gasteiger partial charge in [-0.15, -0.1) is 0 Å². The monoisotopic (exact) mass is 251 g/mol. The van der Waals surface area contributed by atoms with E-state index >= 15 is 0 Å². The van der Waals surface area contributed by atoms with Crippen molar-refractivity contribution in [2.75, 3.05) is 26.9 Å². The molecule has 0 aliphatic carbocycles. The fourth-order valence-electron chi connectivity index (χ4n) is 1.84. The van der Waals surface area contributed by atoms with Crippen molar-refractivity contribution >= 4 is 0 Å². The van der Waals surface area contributed by atoms with Crippen LogP contribution < -0.4 is 5.73 Å². The number of ether oxygens (including phenoxy) is 2. The van der Waals surface area contributed by atoms with Crippen LogP contribution in [0.15, 0.2) is 30.3 Å². The molecule has 0 heterocycles. The molecule has 102 valence electrons. The Morgan fingerprint density at radius 1 is 1.06 bits per heavy atom. The molecule has 0 aliphatic rings. The number of hydrogen-bond acceptors (Lipinski definition) is 3. The molecule has 0 bridgehead atoms. The van der Waals surface area contributed by atoms with Crippen LogP contribution in [0.5, 0.6) is 0 Å². The van der Waals surface area contributed by atoms with Crippen LogP contribution in [-0.4, -0.2) is 33.0 Å². The van der Waals surface area contributed by atoms with Gasteiger partial charge in [0.1, 0.15) is 0 Å². The van der Waals surface area contributed by atoms with Gasteiger partial charge in [0, 0.05) is 19.8 Å². The normalized spacial score (nSPS) is 12.6. The van der Waals surface area contributed by atoms with Crippen molar-refractivity contribution in [1.82, 2.24) is 0 Å². The quantitative estimate of drug-likeness (QED) is 0.649. The Labute approximate surface area is 110 Å². The first-order valence-electron chi connectivity index (χ1n) is 6.69. The molecular formula is C15H25NO2. The minimum atomic E-state index is 0.247. The van der Waals surface area contributed by atoms with E-state index < -0.39 is 0 Å². The molecule has 0 amide bonds. The Kier molecular flexibility index (Phi) is 8.47. The second-order valence-corrected chi connectivity index (χ2v) is 4.53. The molecule has 0 spiro atoms. The Morgan fingerprint density at radius 2 is 1.83 bits per heavy atom. The molecule has 3 heteroatoms. The van der Waals surface area contributed by atoms with Gasteiger partial charge in [-0.2, -0.15) is 0 Å². The van der Waals surface area contributed by atoms with Crippen molar-refractivity contribution in [2.45, 2.75) is 31.7 Å². The summed E-state index contributed by atoms with van der Waals surface area (Å²) in [7, 11) is 1.68. The van der Waals surface area contributed by atoms with Crippen LogP contribution in [0.2, 0.25) is 0 Å². The van der Waals surface area contributed by atoms with Gasteiger partial charge in [-0.1, -0.05) is 30.3 Å². The summed E-state index contributed by atoms with van der Waals surface area (Å²) in [5.74, 6) is 0. The van der Waals surface area contributed by atoms with Gasteiger partial charge in [0.2, 0.25) is 0 Å². The Hall–Kier alpha value is -0.900. The van der Waals surface area contributed by atoms with E-state index in [-0.39, 0.29) is 6.04 Å². The van der Waals surface area contributed by atoms with Crippen molar-refractivity contribution in [3.63, 3.8) is 0 Å². The standard InChI is InChI=1S/C15H25NO2/c1-17-12-13-18-11-10-15(16)9-5-8-14-6-3-2-4-7-14/h2-4,6-7,15H,5,8-13,16H2,1H3. The van der Waals surface area contributed by atoms with E-state index in [0.717, 1.165) is 32.3 Å². The molecule has 0 saturated carbocycles. The van der Waals surface area contributed by atoms with Gasteiger partial charge in [0.15, 0.2) is 0 Å². The maximum absolute atomic E-state index is 6.04. The van der Waals surface area contributed by atoms with Gasteiger partial charge in [-0.3, -0.25) is 0 Å². The highest BCUT2D eigenvalue weighted by Crippen LogP contribution is 2.07. The van der Waals surface area contributed by atoms with Crippen LogP contribution in [0.1, 0.15) is 24.8 Å². The molecule has 3 nitrogen and oxygen atoms in total. The molecular weight excluding hydrogens is 226 g/mol. The largest absolute Gasteiger partial charge is 0.382 e. The first-order chi connectivity index (χ1) is 8.83. The topological polar surface area (TPSA) is 44.5 Å². The van der Waals surface area contributed by atoms with Gasteiger partial charge >= 0.3 is 0 Å². The maximum Gasteiger partial charge on any atom is 0.0700 e. The number of nitrogens with two attached hydrogens (primary N) is 1. The average molecular weight is 251 g/mol. The molecule has 1 aromatic carbocycles. The first kappa shape index (κ1) is 15.2. The number of aryl methyl sites for hydroxylation is 1. The number of benzene rings is 1. The van der Waals surface area contributed by atoms with Crippen molar-refractivity contribution in [1.29, 1.82) is 0 Å². The van der Waals surface area contributed by atoms with Crippen LogP contribution in [0.25, 0.3) is 0 Å². The molecule has 1 aromatic rings. The van der Waals surface area contributed by atoms with Crippen LogP contribution in [-0.2, 0) is 15.9 Å². The zero-order chi connectivity index (χ0) is 13.1. The minimum Gasteiger partial charge on any atom is -0.382 e. The molecule has 1 atom stereocenters. The second kappa shape index (κ2) is 10.1. The molecule has 0 radical (unpaired) electrons. The third-order valence-electron chi connectivity index (χ3n) is 2.95. The predicted molar refractivity (Wildman–Crippen MR) is 74.7 cm³/mol. The van der Waals surface area contributed by atoms with Crippen molar-refractivity contribution in [3.8, 4) is 0 Å². The molecule has 0 aliphatic heterocycles. The van der Waals surface area contributed by atoms with Crippen molar-refractivity contribution in [3.05, 3.63) is 35.9 Å². The van der Waals surface area contributed by atoms with E-state index in [1.54, 1.807) is 7.11 Å². The molecule has 1 rings (SSSR count). The third-order valence-corrected chi connectivity index (χ3v) is 2.95. The van der Waals surface area contributed by atoms with Gasteiger partial charge in [-0.25, -0.2) is 0 Å². The second-order valence-electron chi connectivity index (χ2n) is 4.53. The van der Waals surface area contributed by atoms with Gasteiger partial charge < -0.3 is 15.2 Å². The van der Waals surface area contributed by atoms with Crippen molar-refractivity contribution in [2.24, 2.45) is 5.73 Å². The lowest BCUT2D eigenvalue weighted by molar-refractivity contribution is 0.0669. The molecule has 1 unspecified atom stereocenters. The SMILES string of the molecule is COCCOCCC(N)CCCc1ccccc1. The van der Waals surface area contributed by atoms with Crippen LogP contribution in [0, 0.1) is 0 Å². The zero-order valence-electron chi connectivity index (χ0n) is 11.3. The lowest BCUT2D eigenvalue weighted by atomic mass is 10.0. The van der Waals surface area contributed by atoms with E-state index in [0.29, 0.717) is 13.2 Å². The van der Waals surface area contributed by atoms with Crippen LogP contribution >= 0.6 is 0 Å². The highest BCUT2D eigenvalue weighted by atomic mass is 16.5. The number of methoxy groups -OCH3 is 1. The molecule has 0 saturated heterocycles. The summed E-state index contributed by atoms with van der Waals surface area (Å²) in [5, 5.41) is 0. The summed E-state index contributed by atoms with van der Waals surface area (Å²) in [6.45, 7) is 2.05. The third kappa shape index (κ3) is 7.43.